The fourth-order valence-electron chi connectivity index (χ4n) is 8.29. The van der Waals surface area contributed by atoms with Crippen molar-refractivity contribution in [2.24, 2.45) is 9.98 Å². The van der Waals surface area contributed by atoms with Crippen LogP contribution in [-0.2, 0) is 6.54 Å². The van der Waals surface area contributed by atoms with E-state index < -0.39 is 0 Å². The number of nitrogens with zero attached hydrogens (tertiary/aromatic N) is 5. The predicted molar refractivity (Wildman–Crippen MR) is 235 cm³/mol. The van der Waals surface area contributed by atoms with Crippen LogP contribution < -0.4 is 15.5 Å². The van der Waals surface area contributed by atoms with E-state index >= 15 is 0 Å². The van der Waals surface area contributed by atoms with Gasteiger partial charge in [0.2, 0.25) is 5.96 Å². The molecule has 0 saturated heterocycles. The van der Waals surface area contributed by atoms with Gasteiger partial charge in [0.1, 0.15) is 0 Å². The van der Waals surface area contributed by atoms with E-state index in [4.69, 9.17) is 9.98 Å². The highest BCUT2D eigenvalue weighted by molar-refractivity contribution is 6.14. The van der Waals surface area contributed by atoms with Crippen molar-refractivity contribution in [3.05, 3.63) is 197 Å². The Bertz CT molecular complexity index is 2880. The second-order valence-electron chi connectivity index (χ2n) is 13.9. The molecule has 55 heavy (non-hydrogen) atoms. The molecule has 2 aliphatic carbocycles. The van der Waals surface area contributed by atoms with Gasteiger partial charge >= 0.3 is 0 Å². The van der Waals surface area contributed by atoms with E-state index in [1.807, 2.05) is 18.2 Å². The summed E-state index contributed by atoms with van der Waals surface area (Å²) in [6.07, 6.45) is 25.1. The van der Waals surface area contributed by atoms with Gasteiger partial charge in [-0.3, -0.25) is 4.90 Å². The first-order valence-corrected chi connectivity index (χ1v) is 18.8. The average Bonchev–Trinajstić information content (AvgIpc) is 3.43. The second-order valence-corrected chi connectivity index (χ2v) is 13.9. The number of aliphatic imine (C=N–C) groups is 2. The molecule has 0 fully saturated rings. The number of fused-ring (bicyclic) bond motifs is 8. The summed E-state index contributed by atoms with van der Waals surface area (Å²) >= 11 is 0. The molecule has 4 aromatic carbocycles. The number of rotatable bonds is 7. The smallest absolute Gasteiger partial charge is 0.234 e. The maximum absolute atomic E-state index is 5.47. The van der Waals surface area contributed by atoms with E-state index in [0.29, 0.717) is 18.9 Å². The molecule has 0 saturated carbocycles. The Labute approximate surface area is 321 Å². The number of anilines is 1. The largest absolute Gasteiger partial charge is 0.337 e. The highest BCUT2D eigenvalue weighted by Crippen LogP contribution is 2.42. The molecule has 0 radical (unpaired) electrons. The molecule has 3 aliphatic rings. The maximum Gasteiger partial charge on any atom is 0.234 e. The fraction of sp³-hybridized carbons (Fsp3) is 0.0800. The fourth-order valence-corrected chi connectivity index (χ4v) is 8.29. The van der Waals surface area contributed by atoms with Crippen LogP contribution in [0.3, 0.4) is 0 Å². The van der Waals surface area contributed by atoms with Gasteiger partial charge in [-0.25, -0.2) is 9.98 Å². The lowest BCUT2D eigenvalue weighted by molar-refractivity contribution is 0.849. The molecule has 266 valence electrons. The summed E-state index contributed by atoms with van der Waals surface area (Å²) in [5, 5.41) is 4.77. The van der Waals surface area contributed by atoms with Crippen LogP contribution in [0.5, 0.6) is 0 Å². The van der Waals surface area contributed by atoms with Crippen LogP contribution in [0.15, 0.2) is 174 Å². The van der Waals surface area contributed by atoms with Gasteiger partial charge in [0.15, 0.2) is 0 Å². The monoisotopic (exact) mass is 711 g/mol. The van der Waals surface area contributed by atoms with Crippen molar-refractivity contribution >= 4 is 75.0 Å². The quantitative estimate of drug-likeness (QED) is 0.0923. The topological polar surface area (TPSA) is 37.8 Å². The Morgan fingerprint density at radius 3 is 2.40 bits per heavy atom. The van der Waals surface area contributed by atoms with E-state index in [-0.39, 0.29) is 0 Å². The van der Waals surface area contributed by atoms with Gasteiger partial charge < -0.3 is 9.13 Å². The number of allylic oxidation sites excluding steroid dienone is 10. The molecule has 5 heteroatoms. The van der Waals surface area contributed by atoms with E-state index in [1.165, 1.54) is 43.9 Å². The summed E-state index contributed by atoms with van der Waals surface area (Å²) in [4.78, 5) is 12.5. The minimum Gasteiger partial charge on any atom is -0.337 e. The van der Waals surface area contributed by atoms with Crippen molar-refractivity contribution in [2.75, 3.05) is 4.90 Å². The zero-order valence-corrected chi connectivity index (χ0v) is 30.9. The minimum absolute atomic E-state index is 0.524. The summed E-state index contributed by atoms with van der Waals surface area (Å²) in [7, 11) is 0. The third-order valence-electron chi connectivity index (χ3n) is 10.8. The number of hydrogen-bond donors (Lipinski definition) is 0. The Morgan fingerprint density at radius 1 is 0.800 bits per heavy atom. The van der Waals surface area contributed by atoms with Gasteiger partial charge in [-0.15, -0.1) is 0 Å². The molecule has 6 aromatic rings. The van der Waals surface area contributed by atoms with E-state index in [2.05, 4.69) is 186 Å². The Morgan fingerprint density at radius 2 is 1.56 bits per heavy atom. The lowest BCUT2D eigenvalue weighted by Crippen LogP contribution is -2.41. The molecule has 5 nitrogen and oxygen atoms in total. The SMILES string of the molecule is C=C/C=C\c1c(C)c2ccccc2n1C/C=C(\N=C(N=C)N1C2=c3c(c4ccccc4n3C3=CC=CC=CC3)=CC=C(C2)c2ccccc21)c1ccccc1. The number of aryl methyl sites for hydroxylation is 1. The van der Waals surface area contributed by atoms with Crippen molar-refractivity contribution in [2.45, 2.75) is 26.3 Å². The van der Waals surface area contributed by atoms with Crippen LogP contribution in [-0.4, -0.2) is 21.8 Å². The van der Waals surface area contributed by atoms with E-state index in [0.717, 1.165) is 45.7 Å². The Balaban J connectivity index is 1.30. The van der Waals surface area contributed by atoms with Crippen LogP contribution in [0.25, 0.3) is 56.6 Å². The van der Waals surface area contributed by atoms with Crippen LogP contribution >= 0.6 is 0 Å². The Hall–Kier alpha value is -6.98. The molecule has 0 unspecified atom stereocenters. The highest BCUT2D eigenvalue weighted by atomic mass is 15.3. The summed E-state index contributed by atoms with van der Waals surface area (Å²) in [6.45, 7) is 10.9. The minimum atomic E-state index is 0.524. The van der Waals surface area contributed by atoms with Gasteiger partial charge in [-0.2, -0.15) is 0 Å². The number of guanidine groups is 1. The molecule has 2 bridgehead atoms. The van der Waals surface area contributed by atoms with Crippen LogP contribution in [0.2, 0.25) is 0 Å². The summed E-state index contributed by atoms with van der Waals surface area (Å²) in [5.41, 5.74) is 12.3. The van der Waals surface area contributed by atoms with Crippen LogP contribution in [0.4, 0.5) is 5.69 Å². The first-order valence-electron chi connectivity index (χ1n) is 18.8. The molecule has 3 heterocycles. The number of hydrogen-bond acceptors (Lipinski definition) is 1. The normalized spacial score (nSPS) is 15.4. The van der Waals surface area contributed by atoms with Gasteiger partial charge in [0.25, 0.3) is 0 Å². The Kier molecular flexibility index (Phi) is 8.89. The molecule has 9 rings (SSSR count). The lowest BCUT2D eigenvalue weighted by atomic mass is 9.93. The summed E-state index contributed by atoms with van der Waals surface area (Å²) in [5.74, 6) is 0.524. The average molecular weight is 712 g/mol. The number of para-hydroxylation sites is 3. The maximum atomic E-state index is 5.47. The molecule has 0 amide bonds. The molecule has 0 spiro atoms. The zero-order chi connectivity index (χ0) is 37.3. The summed E-state index contributed by atoms with van der Waals surface area (Å²) < 4.78 is 4.79. The molecular formula is C50H41N5. The molecule has 2 aromatic heterocycles. The molecular weight excluding hydrogens is 671 g/mol. The van der Waals surface area contributed by atoms with Crippen molar-refractivity contribution in [3.63, 3.8) is 0 Å². The van der Waals surface area contributed by atoms with E-state index in [1.54, 1.807) is 0 Å². The van der Waals surface area contributed by atoms with Crippen molar-refractivity contribution in [3.8, 4) is 0 Å². The van der Waals surface area contributed by atoms with Crippen LogP contribution in [0, 0.1) is 6.92 Å². The standard InChI is InChI=1S/C50H41N5/c1-4-5-26-44-35(2)39-23-13-16-27-45(39)53(44)33-32-43(36-19-9-8-10-20-36)52-50(51-3)55-46-28-17-14-24-40(46)37-30-31-42-41-25-15-18-29-47(41)54(49(42)48(55)34-37)38-21-11-6-7-12-22-38/h4-21,23-32H,1,3,22,33-34H2,2H3/b26-5-,43-32-,52-50?. The third-order valence-corrected chi connectivity index (χ3v) is 10.8. The van der Waals surface area contributed by atoms with Gasteiger partial charge in [-0.1, -0.05) is 140 Å². The zero-order valence-electron chi connectivity index (χ0n) is 30.9. The molecule has 0 N–H and O–H groups in total. The first kappa shape index (κ1) is 33.8. The predicted octanol–water partition coefficient (Wildman–Crippen LogP) is 10.5. The molecule has 0 atom stereocenters. The third kappa shape index (κ3) is 5.91. The highest BCUT2D eigenvalue weighted by Gasteiger charge is 2.31. The summed E-state index contributed by atoms with van der Waals surface area (Å²) in [6, 6.07) is 36.3. The van der Waals surface area contributed by atoms with Crippen LogP contribution in [0.1, 0.15) is 35.2 Å². The van der Waals surface area contributed by atoms with Gasteiger partial charge in [-0.05, 0) is 66.8 Å². The second kappa shape index (κ2) is 14.4. The van der Waals surface area contributed by atoms with Gasteiger partial charge in [0.05, 0.1) is 27.9 Å². The molecule has 1 aliphatic heterocycles. The van der Waals surface area contributed by atoms with Gasteiger partial charge in [0, 0.05) is 57.8 Å². The number of benzene rings is 4. The first-order chi connectivity index (χ1) is 27.2. The van der Waals surface area contributed by atoms with Crippen molar-refractivity contribution in [1.82, 2.24) is 9.13 Å². The van der Waals surface area contributed by atoms with Crippen molar-refractivity contribution in [1.29, 1.82) is 0 Å². The lowest BCUT2D eigenvalue weighted by Gasteiger charge is -2.34. The van der Waals surface area contributed by atoms with Crippen molar-refractivity contribution < 1.29 is 0 Å². The number of aromatic nitrogens is 2. The van der Waals surface area contributed by atoms with E-state index in [9.17, 15) is 0 Å².